The zero-order valence-corrected chi connectivity index (χ0v) is 13.6. The lowest BCUT2D eigenvalue weighted by Crippen LogP contribution is -2.37. The highest BCUT2D eigenvalue weighted by molar-refractivity contribution is 7.09. The van der Waals surface area contributed by atoms with Crippen LogP contribution in [-0.2, 0) is 5.41 Å². The zero-order valence-electron chi connectivity index (χ0n) is 12.7. The van der Waals surface area contributed by atoms with Crippen LogP contribution in [0.2, 0.25) is 0 Å². The fourth-order valence-corrected chi connectivity index (χ4v) is 4.31. The number of rotatable bonds is 1. The van der Waals surface area contributed by atoms with Crippen LogP contribution in [0.5, 0.6) is 0 Å². The fourth-order valence-electron chi connectivity index (χ4n) is 3.72. The van der Waals surface area contributed by atoms with Crippen molar-refractivity contribution in [1.82, 2.24) is 14.9 Å². The van der Waals surface area contributed by atoms with E-state index < -0.39 is 0 Å². The molecule has 4 rings (SSSR count). The highest BCUT2D eigenvalue weighted by Crippen LogP contribution is 2.44. The van der Waals surface area contributed by atoms with Gasteiger partial charge >= 0.3 is 0 Å². The highest BCUT2D eigenvalue weighted by atomic mass is 32.1. The number of amides is 1. The van der Waals surface area contributed by atoms with Gasteiger partial charge < -0.3 is 9.80 Å². The lowest BCUT2D eigenvalue weighted by atomic mass is 9.85. The summed E-state index contributed by atoms with van der Waals surface area (Å²) in [7, 11) is 2.10. The molecule has 1 spiro atoms. The molecule has 2 aliphatic rings. The molecule has 1 saturated heterocycles. The Bertz CT molecular complexity index is 743. The minimum atomic E-state index is -0.0218. The van der Waals surface area contributed by atoms with E-state index in [0.29, 0.717) is 5.69 Å². The molecule has 1 unspecified atom stereocenters. The fraction of sp³-hybridized carbons (Fsp3) is 0.438. The molecule has 0 N–H and O–H groups in total. The van der Waals surface area contributed by atoms with E-state index in [2.05, 4.69) is 28.0 Å². The molecule has 1 atom stereocenters. The van der Waals surface area contributed by atoms with Crippen LogP contribution in [0.4, 0.5) is 5.69 Å². The number of aryl methyl sites for hydroxylation is 1. The third-order valence-corrected chi connectivity index (χ3v) is 5.49. The van der Waals surface area contributed by atoms with E-state index >= 15 is 0 Å². The van der Waals surface area contributed by atoms with Gasteiger partial charge in [-0.25, -0.2) is 4.98 Å². The number of carbonyl (C=O) groups excluding carboxylic acids is 1. The maximum absolute atomic E-state index is 12.6. The summed E-state index contributed by atoms with van der Waals surface area (Å²) in [5, 5.41) is 2.79. The topological polar surface area (TPSA) is 49.3 Å². The molecule has 114 valence electrons. The molecule has 2 aliphatic heterocycles. The summed E-state index contributed by atoms with van der Waals surface area (Å²) < 4.78 is 0. The molecule has 4 heterocycles. The van der Waals surface area contributed by atoms with E-state index in [-0.39, 0.29) is 11.3 Å². The van der Waals surface area contributed by atoms with Gasteiger partial charge in [-0.3, -0.25) is 9.78 Å². The number of hydrogen-bond acceptors (Lipinski definition) is 5. The van der Waals surface area contributed by atoms with Crippen molar-refractivity contribution in [3.8, 4) is 0 Å². The second kappa shape index (κ2) is 4.78. The SMILES string of the molecule is Cc1nc(C(=O)N2CCC3(C2)CN(C)c2cccnc23)cs1. The van der Waals surface area contributed by atoms with Gasteiger partial charge in [0.15, 0.2) is 0 Å². The lowest BCUT2D eigenvalue weighted by Gasteiger charge is -2.24. The standard InChI is InChI=1S/C16H18N4OS/c1-11-18-12(8-22-11)15(21)20-7-5-16(10-20)9-19(2)13-4-3-6-17-14(13)16/h3-4,6,8H,5,7,9-10H2,1-2H3. The van der Waals surface area contributed by atoms with Gasteiger partial charge in [0.2, 0.25) is 0 Å². The second-order valence-electron chi connectivity index (χ2n) is 6.24. The number of hydrogen-bond donors (Lipinski definition) is 0. The number of likely N-dealkylation sites (tertiary alicyclic amines) is 1. The van der Waals surface area contributed by atoms with Crippen molar-refractivity contribution in [2.45, 2.75) is 18.8 Å². The van der Waals surface area contributed by atoms with Gasteiger partial charge in [0, 0.05) is 38.3 Å². The number of likely N-dealkylation sites (N-methyl/N-ethyl adjacent to an activating group) is 1. The first-order chi connectivity index (χ1) is 10.6. The van der Waals surface area contributed by atoms with E-state index in [0.717, 1.165) is 36.8 Å². The van der Waals surface area contributed by atoms with Gasteiger partial charge in [-0.15, -0.1) is 11.3 Å². The third kappa shape index (κ3) is 1.94. The molecule has 22 heavy (non-hydrogen) atoms. The number of fused-ring (bicyclic) bond motifs is 2. The van der Waals surface area contributed by atoms with Crippen molar-refractivity contribution in [1.29, 1.82) is 0 Å². The Morgan fingerprint density at radius 3 is 3.05 bits per heavy atom. The number of pyridine rings is 1. The molecule has 2 aromatic heterocycles. The van der Waals surface area contributed by atoms with Gasteiger partial charge in [0.05, 0.1) is 21.8 Å². The maximum atomic E-state index is 12.6. The van der Waals surface area contributed by atoms with Crippen molar-refractivity contribution in [2.24, 2.45) is 0 Å². The molecule has 0 aromatic carbocycles. The Labute approximate surface area is 133 Å². The average molecular weight is 314 g/mol. The van der Waals surface area contributed by atoms with Crippen molar-refractivity contribution >= 4 is 22.9 Å². The largest absolute Gasteiger partial charge is 0.372 e. The van der Waals surface area contributed by atoms with Crippen LogP contribution in [0.25, 0.3) is 0 Å². The van der Waals surface area contributed by atoms with Crippen LogP contribution >= 0.6 is 11.3 Å². The van der Waals surface area contributed by atoms with E-state index in [1.165, 1.54) is 17.0 Å². The monoisotopic (exact) mass is 314 g/mol. The number of aromatic nitrogens is 2. The van der Waals surface area contributed by atoms with Gasteiger partial charge in [-0.05, 0) is 25.5 Å². The number of anilines is 1. The van der Waals surface area contributed by atoms with Gasteiger partial charge in [0.25, 0.3) is 5.91 Å². The van der Waals surface area contributed by atoms with E-state index in [4.69, 9.17) is 0 Å². The van der Waals surface area contributed by atoms with Crippen molar-refractivity contribution in [3.05, 3.63) is 40.1 Å². The van der Waals surface area contributed by atoms with E-state index in [9.17, 15) is 4.79 Å². The summed E-state index contributed by atoms with van der Waals surface area (Å²) in [5.41, 5.74) is 2.89. The van der Waals surface area contributed by atoms with Crippen LogP contribution in [0.3, 0.4) is 0 Å². The summed E-state index contributed by atoms with van der Waals surface area (Å²) in [4.78, 5) is 25.8. The molecule has 0 radical (unpaired) electrons. The molecular formula is C16H18N4OS. The van der Waals surface area contributed by atoms with Crippen LogP contribution in [-0.4, -0.2) is 47.5 Å². The average Bonchev–Trinajstić information content (AvgIpc) is 3.20. The molecule has 6 heteroatoms. The molecule has 5 nitrogen and oxygen atoms in total. The van der Waals surface area contributed by atoms with Crippen LogP contribution in [0.1, 0.15) is 27.6 Å². The molecule has 0 bridgehead atoms. The lowest BCUT2D eigenvalue weighted by molar-refractivity contribution is 0.0779. The van der Waals surface area contributed by atoms with Crippen molar-refractivity contribution < 1.29 is 4.79 Å². The smallest absolute Gasteiger partial charge is 0.273 e. The Morgan fingerprint density at radius 2 is 2.27 bits per heavy atom. The van der Waals surface area contributed by atoms with Crippen LogP contribution in [0.15, 0.2) is 23.7 Å². The molecule has 2 aromatic rings. The van der Waals surface area contributed by atoms with Crippen molar-refractivity contribution in [2.75, 3.05) is 31.6 Å². The second-order valence-corrected chi connectivity index (χ2v) is 7.30. The zero-order chi connectivity index (χ0) is 15.3. The summed E-state index contributed by atoms with van der Waals surface area (Å²) in [6.45, 7) is 4.37. The number of carbonyl (C=O) groups is 1. The molecule has 1 fully saturated rings. The Hall–Kier alpha value is -1.95. The first-order valence-electron chi connectivity index (χ1n) is 7.47. The normalized spacial score (nSPS) is 23.4. The predicted molar refractivity (Wildman–Crippen MR) is 86.6 cm³/mol. The van der Waals surface area contributed by atoms with Crippen LogP contribution < -0.4 is 4.90 Å². The Balaban J connectivity index is 1.62. The summed E-state index contributed by atoms with van der Waals surface area (Å²) in [5.74, 6) is 0.0493. The molecule has 0 aliphatic carbocycles. The summed E-state index contributed by atoms with van der Waals surface area (Å²) >= 11 is 1.53. The Morgan fingerprint density at radius 1 is 1.41 bits per heavy atom. The molecular weight excluding hydrogens is 296 g/mol. The summed E-state index contributed by atoms with van der Waals surface area (Å²) in [6, 6.07) is 4.09. The minimum absolute atomic E-state index is 0.0218. The highest BCUT2D eigenvalue weighted by Gasteiger charge is 2.48. The number of thiazole rings is 1. The van der Waals surface area contributed by atoms with E-state index in [1.807, 2.05) is 29.5 Å². The Kier molecular flexibility index (Phi) is 2.97. The number of nitrogens with zero attached hydrogens (tertiary/aromatic N) is 4. The first kappa shape index (κ1) is 13.7. The maximum Gasteiger partial charge on any atom is 0.273 e. The van der Waals surface area contributed by atoms with Crippen LogP contribution in [0, 0.1) is 6.92 Å². The first-order valence-corrected chi connectivity index (χ1v) is 8.35. The van der Waals surface area contributed by atoms with Crippen molar-refractivity contribution in [3.63, 3.8) is 0 Å². The minimum Gasteiger partial charge on any atom is -0.372 e. The third-order valence-electron chi connectivity index (χ3n) is 4.72. The quantitative estimate of drug-likeness (QED) is 0.808. The molecule has 1 amide bonds. The van der Waals surface area contributed by atoms with Gasteiger partial charge in [0.1, 0.15) is 5.69 Å². The predicted octanol–water partition coefficient (Wildman–Crippen LogP) is 2.08. The van der Waals surface area contributed by atoms with Gasteiger partial charge in [-0.2, -0.15) is 0 Å². The summed E-state index contributed by atoms with van der Waals surface area (Å²) in [6.07, 6.45) is 2.82. The van der Waals surface area contributed by atoms with E-state index in [1.54, 1.807) is 0 Å². The van der Waals surface area contributed by atoms with Gasteiger partial charge in [-0.1, -0.05) is 0 Å². The molecule has 0 saturated carbocycles.